The van der Waals surface area contributed by atoms with Gasteiger partial charge < -0.3 is 15.2 Å². The number of ether oxygens (including phenoxy) is 1. The molecule has 0 radical (unpaired) electrons. The molecular weight excluding hydrogens is 416 g/mol. The van der Waals surface area contributed by atoms with Gasteiger partial charge >= 0.3 is 5.97 Å². The molecule has 3 aromatic rings. The number of nitrogens with zero attached hydrogens (tertiary/aromatic N) is 2. The Kier molecular flexibility index (Phi) is 8.43. The van der Waals surface area contributed by atoms with E-state index in [0.717, 1.165) is 16.9 Å². The third-order valence-electron chi connectivity index (χ3n) is 4.87. The van der Waals surface area contributed by atoms with Crippen molar-refractivity contribution >= 4 is 17.6 Å². The fraction of sp³-hybridized carbons (Fsp3) is 0.192. The Morgan fingerprint density at radius 1 is 1.03 bits per heavy atom. The van der Waals surface area contributed by atoms with Crippen LogP contribution >= 0.6 is 0 Å². The summed E-state index contributed by atoms with van der Waals surface area (Å²) >= 11 is 0. The fourth-order valence-corrected chi connectivity index (χ4v) is 3.21. The molecule has 0 unspecified atom stereocenters. The Morgan fingerprint density at radius 3 is 2.27 bits per heavy atom. The van der Waals surface area contributed by atoms with Gasteiger partial charge in [-0.15, -0.1) is 0 Å². The van der Waals surface area contributed by atoms with Crippen LogP contribution in [0.1, 0.15) is 24.0 Å². The van der Waals surface area contributed by atoms with Crippen molar-refractivity contribution in [3.05, 3.63) is 90.0 Å². The minimum atomic E-state index is -0.879. The third-order valence-corrected chi connectivity index (χ3v) is 4.87. The van der Waals surface area contributed by atoms with E-state index in [1.165, 1.54) is 0 Å². The van der Waals surface area contributed by atoms with Gasteiger partial charge in [-0.3, -0.25) is 10.1 Å². The van der Waals surface area contributed by atoms with Crippen molar-refractivity contribution < 1.29 is 14.6 Å². The largest absolute Gasteiger partial charge is 0.481 e. The van der Waals surface area contributed by atoms with E-state index < -0.39 is 5.97 Å². The second kappa shape index (κ2) is 11.9. The molecular formula is C26H26N4O3. The fourth-order valence-electron chi connectivity index (χ4n) is 3.21. The number of guanidine groups is 1. The van der Waals surface area contributed by atoms with Crippen LogP contribution in [0.3, 0.4) is 0 Å². The van der Waals surface area contributed by atoms with Crippen LogP contribution < -0.4 is 15.4 Å². The zero-order chi connectivity index (χ0) is 23.5. The molecule has 1 atom stereocenters. The molecule has 0 spiro atoms. The Hall–Kier alpha value is -4.31. The van der Waals surface area contributed by atoms with E-state index in [1.807, 2.05) is 92.0 Å². The lowest BCUT2D eigenvalue weighted by atomic mass is 10.0. The van der Waals surface area contributed by atoms with Gasteiger partial charge in [0.25, 0.3) is 0 Å². The number of hydrogen-bond donors (Lipinski definition) is 3. The summed E-state index contributed by atoms with van der Waals surface area (Å²) in [5.41, 5.74) is 2.92. The maximum atomic E-state index is 11.1. The molecule has 0 aliphatic rings. The lowest BCUT2D eigenvalue weighted by Crippen LogP contribution is -2.29. The lowest BCUT2D eigenvalue weighted by molar-refractivity contribution is -0.137. The van der Waals surface area contributed by atoms with Gasteiger partial charge in [0.2, 0.25) is 5.96 Å². The molecule has 3 N–H and O–H groups in total. The van der Waals surface area contributed by atoms with E-state index in [0.29, 0.717) is 24.3 Å². The molecule has 33 heavy (non-hydrogen) atoms. The van der Waals surface area contributed by atoms with E-state index in [2.05, 4.69) is 15.6 Å². The summed E-state index contributed by atoms with van der Waals surface area (Å²) in [4.78, 5) is 15.7. The molecule has 0 aliphatic carbocycles. The van der Waals surface area contributed by atoms with Crippen molar-refractivity contribution in [2.24, 2.45) is 4.99 Å². The monoisotopic (exact) mass is 442 g/mol. The number of hydrogen-bond acceptors (Lipinski definition) is 4. The van der Waals surface area contributed by atoms with E-state index in [9.17, 15) is 4.79 Å². The van der Waals surface area contributed by atoms with E-state index in [-0.39, 0.29) is 18.4 Å². The van der Waals surface area contributed by atoms with Crippen LogP contribution in [0, 0.1) is 18.4 Å². The SMILES string of the molecule is Cc1ccc(Oc2ccc(NC(=N[C@H](CCC(=O)O)Cc3ccccc3)NC#N)cc2)cc1. The first kappa shape index (κ1) is 23.4. The first-order chi connectivity index (χ1) is 16.0. The molecule has 3 rings (SSSR count). The number of nitriles is 1. The molecule has 7 nitrogen and oxygen atoms in total. The first-order valence-electron chi connectivity index (χ1n) is 10.6. The number of rotatable bonds is 9. The summed E-state index contributed by atoms with van der Waals surface area (Å²) in [5.74, 6) is 0.808. The number of aryl methyl sites for hydroxylation is 1. The van der Waals surface area contributed by atoms with Gasteiger partial charge in [0, 0.05) is 12.1 Å². The van der Waals surface area contributed by atoms with Gasteiger partial charge in [0.05, 0.1) is 6.04 Å². The summed E-state index contributed by atoms with van der Waals surface area (Å²) in [7, 11) is 0. The van der Waals surface area contributed by atoms with Gasteiger partial charge in [0.1, 0.15) is 11.5 Å². The lowest BCUT2D eigenvalue weighted by Gasteiger charge is -2.15. The zero-order valence-electron chi connectivity index (χ0n) is 18.4. The van der Waals surface area contributed by atoms with Gasteiger partial charge in [-0.2, -0.15) is 5.26 Å². The quantitative estimate of drug-likeness (QED) is 0.184. The van der Waals surface area contributed by atoms with E-state index in [1.54, 1.807) is 0 Å². The van der Waals surface area contributed by atoms with Crippen LogP contribution in [-0.4, -0.2) is 23.1 Å². The summed E-state index contributed by atoms with van der Waals surface area (Å²) in [5, 5.41) is 23.9. The number of nitrogens with one attached hydrogen (secondary N) is 2. The number of carbonyl (C=O) groups is 1. The summed E-state index contributed by atoms with van der Waals surface area (Å²) in [6.07, 6.45) is 2.80. The smallest absolute Gasteiger partial charge is 0.303 e. The molecule has 0 aromatic heterocycles. The molecule has 0 bridgehead atoms. The Balaban J connectivity index is 1.71. The van der Waals surface area contributed by atoms with Gasteiger partial charge in [0.15, 0.2) is 6.19 Å². The van der Waals surface area contributed by atoms with E-state index in [4.69, 9.17) is 15.1 Å². The minimum absolute atomic E-state index is 0.00806. The highest BCUT2D eigenvalue weighted by Gasteiger charge is 2.13. The zero-order valence-corrected chi connectivity index (χ0v) is 18.4. The normalized spacial score (nSPS) is 11.8. The predicted molar refractivity (Wildman–Crippen MR) is 128 cm³/mol. The molecule has 3 aromatic carbocycles. The Morgan fingerprint density at radius 2 is 1.67 bits per heavy atom. The maximum Gasteiger partial charge on any atom is 0.303 e. The van der Waals surface area contributed by atoms with Crippen LogP contribution in [0.2, 0.25) is 0 Å². The van der Waals surface area contributed by atoms with Crippen LogP contribution in [0.5, 0.6) is 11.5 Å². The average molecular weight is 443 g/mol. The van der Waals surface area contributed by atoms with E-state index >= 15 is 0 Å². The number of carboxylic acid groups (broad SMARTS) is 1. The maximum absolute atomic E-state index is 11.1. The molecule has 0 aliphatic heterocycles. The molecule has 0 saturated heterocycles. The molecule has 0 fully saturated rings. The third kappa shape index (κ3) is 8.04. The topological polar surface area (TPSA) is 107 Å². The van der Waals surface area contributed by atoms with Crippen LogP contribution in [0.4, 0.5) is 5.69 Å². The second-order valence-electron chi connectivity index (χ2n) is 7.55. The molecule has 0 saturated carbocycles. The molecule has 168 valence electrons. The first-order valence-corrected chi connectivity index (χ1v) is 10.6. The standard InChI is InChI=1S/C26H26N4O3/c1-19-7-12-23(13-8-19)33-24-14-9-21(10-15-24)29-26(28-18-27)30-22(11-16-25(31)32)17-20-5-3-2-4-6-20/h2-10,12-15,22H,11,16-17H2,1H3,(H,31,32)(H2,28,29,30)/t22-/m1/s1. The van der Waals surface area contributed by atoms with Crippen molar-refractivity contribution in [3.8, 4) is 17.7 Å². The van der Waals surface area contributed by atoms with Gasteiger partial charge in [-0.05, 0) is 61.7 Å². The number of anilines is 1. The highest BCUT2D eigenvalue weighted by atomic mass is 16.5. The minimum Gasteiger partial charge on any atom is -0.481 e. The van der Waals surface area contributed by atoms with Crippen LogP contribution in [-0.2, 0) is 11.2 Å². The molecule has 7 heteroatoms. The van der Waals surface area contributed by atoms with Crippen LogP contribution in [0.25, 0.3) is 0 Å². The average Bonchev–Trinajstić information content (AvgIpc) is 2.81. The highest BCUT2D eigenvalue weighted by molar-refractivity contribution is 5.94. The second-order valence-corrected chi connectivity index (χ2v) is 7.55. The summed E-state index contributed by atoms with van der Waals surface area (Å²) < 4.78 is 5.84. The Labute approximate surface area is 193 Å². The number of carboxylic acids is 1. The Bertz CT molecular complexity index is 1110. The molecule has 0 heterocycles. The summed E-state index contributed by atoms with van der Waals surface area (Å²) in [6, 6.07) is 24.5. The molecule has 0 amide bonds. The van der Waals surface area contributed by atoms with Crippen molar-refractivity contribution in [1.82, 2.24) is 5.32 Å². The number of aliphatic carboxylic acids is 1. The number of benzene rings is 3. The number of aliphatic imine (C=N–C) groups is 1. The highest BCUT2D eigenvalue weighted by Crippen LogP contribution is 2.23. The van der Waals surface area contributed by atoms with Crippen LogP contribution in [0.15, 0.2) is 83.9 Å². The summed E-state index contributed by atoms with van der Waals surface area (Å²) in [6.45, 7) is 2.02. The van der Waals surface area contributed by atoms with Crippen molar-refractivity contribution in [2.45, 2.75) is 32.2 Å². The van der Waals surface area contributed by atoms with Crippen molar-refractivity contribution in [2.75, 3.05) is 5.32 Å². The predicted octanol–water partition coefficient (Wildman–Crippen LogP) is 5.10. The van der Waals surface area contributed by atoms with Gasteiger partial charge in [-0.25, -0.2) is 4.99 Å². The van der Waals surface area contributed by atoms with Gasteiger partial charge in [-0.1, -0.05) is 48.0 Å². The van der Waals surface area contributed by atoms with Crippen molar-refractivity contribution in [3.63, 3.8) is 0 Å². The van der Waals surface area contributed by atoms with Crippen molar-refractivity contribution in [1.29, 1.82) is 5.26 Å².